The van der Waals surface area contributed by atoms with Crippen molar-refractivity contribution >= 4 is 17.6 Å². The third kappa shape index (κ3) is 6.54. The molecule has 3 aromatic carbocycles. The summed E-state index contributed by atoms with van der Waals surface area (Å²) in [7, 11) is 0. The van der Waals surface area contributed by atoms with E-state index in [-0.39, 0.29) is 30.4 Å². The van der Waals surface area contributed by atoms with Crippen molar-refractivity contribution in [2.75, 3.05) is 24.6 Å². The highest BCUT2D eigenvalue weighted by Gasteiger charge is 2.33. The number of amides is 3. The van der Waals surface area contributed by atoms with Gasteiger partial charge in [-0.1, -0.05) is 85.6 Å². The molecule has 1 saturated heterocycles. The largest absolute Gasteiger partial charge is 0.394 e. The minimum atomic E-state index is -0.471. The molecule has 0 bridgehead atoms. The summed E-state index contributed by atoms with van der Waals surface area (Å²) in [5.41, 5.74) is 3.85. The van der Waals surface area contributed by atoms with Crippen LogP contribution in [0.5, 0.6) is 0 Å². The standard InChI is InChI=1S/C33H39N3O4/c37-23-31(26-9-3-1-4-10-26)34-32(39)30-14-8-7-13-29(30)25-17-15-24(16-18-25)21-36(27-11-5-2-6-12-27)33(40)35-20-19-28(38)22-35/h1-6,9-12,15-18,28-31,37-38H,7-8,13-14,19-23H2,(H,34,39). The number of β-amino-alcohol motifs (C(OH)–C–C–N with tert-alkyl or cyclic N) is 1. The van der Waals surface area contributed by atoms with Gasteiger partial charge in [0.1, 0.15) is 0 Å². The maximum Gasteiger partial charge on any atom is 0.324 e. The fourth-order valence-electron chi connectivity index (χ4n) is 6.06. The van der Waals surface area contributed by atoms with Crippen molar-refractivity contribution in [2.24, 2.45) is 5.92 Å². The van der Waals surface area contributed by atoms with E-state index in [4.69, 9.17) is 0 Å². The number of likely N-dealkylation sites (tertiary alicyclic amines) is 1. The number of carbonyl (C=O) groups excluding carboxylic acids is 2. The number of hydrogen-bond acceptors (Lipinski definition) is 4. The number of hydrogen-bond donors (Lipinski definition) is 3. The van der Waals surface area contributed by atoms with Crippen LogP contribution in [0.25, 0.3) is 0 Å². The van der Waals surface area contributed by atoms with Crippen LogP contribution in [0.2, 0.25) is 0 Å². The van der Waals surface area contributed by atoms with E-state index >= 15 is 0 Å². The van der Waals surface area contributed by atoms with Crippen molar-refractivity contribution < 1.29 is 19.8 Å². The van der Waals surface area contributed by atoms with Gasteiger partial charge in [-0.15, -0.1) is 0 Å². The Bertz CT molecular complexity index is 1250. The van der Waals surface area contributed by atoms with Crippen LogP contribution in [-0.4, -0.2) is 52.9 Å². The first-order valence-electron chi connectivity index (χ1n) is 14.4. The first-order valence-corrected chi connectivity index (χ1v) is 14.4. The van der Waals surface area contributed by atoms with Crippen molar-refractivity contribution in [3.8, 4) is 0 Å². The average Bonchev–Trinajstić information content (AvgIpc) is 3.45. The molecule has 210 valence electrons. The summed E-state index contributed by atoms with van der Waals surface area (Å²) in [6, 6.07) is 27.0. The number of urea groups is 1. The number of para-hydroxylation sites is 1. The molecule has 1 aliphatic heterocycles. The van der Waals surface area contributed by atoms with Crippen LogP contribution in [0, 0.1) is 5.92 Å². The Morgan fingerprint density at radius 1 is 0.900 bits per heavy atom. The van der Waals surface area contributed by atoms with Gasteiger partial charge in [0.25, 0.3) is 0 Å². The van der Waals surface area contributed by atoms with Crippen molar-refractivity contribution in [3.05, 3.63) is 102 Å². The number of aliphatic hydroxyl groups excluding tert-OH is 2. The topological polar surface area (TPSA) is 93.1 Å². The molecule has 2 aliphatic rings. The molecule has 1 aliphatic carbocycles. The van der Waals surface area contributed by atoms with Gasteiger partial charge in [0, 0.05) is 24.7 Å². The zero-order valence-electron chi connectivity index (χ0n) is 22.9. The normalized spacial score (nSPS) is 21.6. The molecule has 0 spiro atoms. The molecule has 2 fully saturated rings. The minimum Gasteiger partial charge on any atom is -0.394 e. The van der Waals surface area contributed by atoms with Crippen LogP contribution in [0.1, 0.15) is 60.8 Å². The average molecular weight is 542 g/mol. The third-order valence-corrected chi connectivity index (χ3v) is 8.28. The van der Waals surface area contributed by atoms with Gasteiger partial charge in [-0.25, -0.2) is 4.79 Å². The molecule has 0 aromatic heterocycles. The van der Waals surface area contributed by atoms with Gasteiger partial charge >= 0.3 is 6.03 Å². The maximum atomic E-state index is 13.4. The van der Waals surface area contributed by atoms with E-state index in [0.29, 0.717) is 26.1 Å². The molecule has 40 heavy (non-hydrogen) atoms. The predicted molar refractivity (Wildman–Crippen MR) is 156 cm³/mol. The Labute approximate surface area is 236 Å². The van der Waals surface area contributed by atoms with Crippen LogP contribution in [0.15, 0.2) is 84.9 Å². The second kappa shape index (κ2) is 13.1. The molecule has 1 saturated carbocycles. The molecule has 7 nitrogen and oxygen atoms in total. The molecule has 3 N–H and O–H groups in total. The number of carbonyl (C=O) groups is 2. The Morgan fingerprint density at radius 2 is 1.57 bits per heavy atom. The quantitative estimate of drug-likeness (QED) is 0.374. The van der Waals surface area contributed by atoms with Crippen LogP contribution in [0.3, 0.4) is 0 Å². The van der Waals surface area contributed by atoms with Gasteiger partial charge < -0.3 is 20.4 Å². The van der Waals surface area contributed by atoms with Crippen molar-refractivity contribution in [1.29, 1.82) is 0 Å². The van der Waals surface area contributed by atoms with Crippen LogP contribution >= 0.6 is 0 Å². The molecule has 5 rings (SSSR count). The number of nitrogens with zero attached hydrogens (tertiary/aromatic N) is 2. The minimum absolute atomic E-state index is 0.00895. The van der Waals surface area contributed by atoms with Crippen LogP contribution in [0.4, 0.5) is 10.5 Å². The molecule has 7 heteroatoms. The molecule has 4 unspecified atom stereocenters. The summed E-state index contributed by atoms with van der Waals surface area (Å²) < 4.78 is 0. The summed E-state index contributed by atoms with van der Waals surface area (Å²) in [4.78, 5) is 30.3. The lowest BCUT2D eigenvalue weighted by molar-refractivity contribution is -0.127. The maximum absolute atomic E-state index is 13.4. The van der Waals surface area contributed by atoms with E-state index in [1.165, 1.54) is 0 Å². The molecule has 3 aromatic rings. The van der Waals surface area contributed by atoms with Crippen molar-refractivity contribution in [3.63, 3.8) is 0 Å². The Balaban J connectivity index is 1.30. The van der Waals surface area contributed by atoms with Crippen LogP contribution in [-0.2, 0) is 11.3 Å². The van der Waals surface area contributed by atoms with E-state index in [1.807, 2.05) is 60.7 Å². The van der Waals surface area contributed by atoms with Gasteiger partial charge in [0.15, 0.2) is 0 Å². The predicted octanol–water partition coefficient (Wildman–Crippen LogP) is 5.00. The summed E-state index contributed by atoms with van der Waals surface area (Å²) in [6.45, 7) is 1.18. The monoisotopic (exact) mass is 541 g/mol. The lowest BCUT2D eigenvalue weighted by Crippen LogP contribution is -2.42. The fourth-order valence-corrected chi connectivity index (χ4v) is 6.06. The zero-order valence-corrected chi connectivity index (χ0v) is 22.9. The van der Waals surface area contributed by atoms with Gasteiger partial charge in [-0.2, -0.15) is 0 Å². The summed E-state index contributed by atoms with van der Waals surface area (Å²) in [6.07, 6.45) is 3.99. The second-order valence-electron chi connectivity index (χ2n) is 11.0. The first-order chi connectivity index (χ1) is 19.5. The second-order valence-corrected chi connectivity index (χ2v) is 11.0. The Kier molecular flexibility index (Phi) is 9.14. The molecule has 1 heterocycles. The summed E-state index contributed by atoms with van der Waals surface area (Å²) >= 11 is 0. The lowest BCUT2D eigenvalue weighted by Gasteiger charge is -2.32. The summed E-state index contributed by atoms with van der Waals surface area (Å²) in [5, 5.41) is 23.0. The van der Waals surface area contributed by atoms with Gasteiger partial charge in [-0.05, 0) is 54.0 Å². The van der Waals surface area contributed by atoms with Crippen molar-refractivity contribution in [1.82, 2.24) is 10.2 Å². The highest BCUT2D eigenvalue weighted by molar-refractivity contribution is 5.92. The highest BCUT2D eigenvalue weighted by atomic mass is 16.3. The highest BCUT2D eigenvalue weighted by Crippen LogP contribution is 2.38. The Morgan fingerprint density at radius 3 is 2.23 bits per heavy atom. The first kappa shape index (κ1) is 27.9. The number of benzene rings is 3. The zero-order chi connectivity index (χ0) is 27.9. The fraction of sp³-hybridized carbons (Fsp3) is 0.394. The number of nitrogens with one attached hydrogen (secondary N) is 1. The molecular weight excluding hydrogens is 502 g/mol. The van der Waals surface area contributed by atoms with E-state index in [9.17, 15) is 19.8 Å². The third-order valence-electron chi connectivity index (χ3n) is 8.28. The van der Waals surface area contributed by atoms with Gasteiger partial charge in [0.2, 0.25) is 5.91 Å². The smallest absolute Gasteiger partial charge is 0.324 e. The number of anilines is 1. The van der Waals surface area contributed by atoms with E-state index < -0.39 is 12.1 Å². The molecule has 3 amide bonds. The van der Waals surface area contributed by atoms with Crippen molar-refractivity contribution in [2.45, 2.75) is 56.7 Å². The SMILES string of the molecule is O=C(NC(CO)c1ccccc1)C1CCCCC1c1ccc(CN(C(=O)N2CCC(O)C2)c2ccccc2)cc1. The Hall–Kier alpha value is -3.68. The molecular formula is C33H39N3O4. The summed E-state index contributed by atoms with van der Waals surface area (Å²) in [5.74, 6) is -0.0532. The number of aliphatic hydroxyl groups is 2. The van der Waals surface area contributed by atoms with Gasteiger partial charge in [-0.3, -0.25) is 9.69 Å². The molecule has 4 atom stereocenters. The number of rotatable bonds is 8. The van der Waals surface area contributed by atoms with E-state index in [1.54, 1.807) is 9.80 Å². The van der Waals surface area contributed by atoms with E-state index in [0.717, 1.165) is 48.1 Å². The molecule has 0 radical (unpaired) electrons. The lowest BCUT2D eigenvalue weighted by atomic mass is 9.74. The van der Waals surface area contributed by atoms with E-state index in [2.05, 4.69) is 29.6 Å². The van der Waals surface area contributed by atoms with Gasteiger partial charge in [0.05, 0.1) is 25.3 Å². The van der Waals surface area contributed by atoms with Crippen LogP contribution < -0.4 is 10.2 Å².